The Kier molecular flexibility index (Phi) is 7.09. The number of methoxy groups -OCH3 is 2. The van der Waals surface area contributed by atoms with Crippen LogP contribution < -0.4 is 14.8 Å². The Morgan fingerprint density at radius 1 is 0.467 bits per heavy atom. The molecule has 0 spiro atoms. The van der Waals surface area contributed by atoms with Crippen molar-refractivity contribution >= 4 is 34.8 Å². The molecular weight excluding hydrogens is 567 g/mol. The van der Waals surface area contributed by atoms with E-state index < -0.39 is 7.92 Å². The third-order valence-electron chi connectivity index (χ3n) is 9.13. The lowest BCUT2D eigenvalue weighted by atomic mass is 9.82. The summed E-state index contributed by atoms with van der Waals surface area (Å²) in [4.78, 5) is 0. The first-order valence-electron chi connectivity index (χ1n) is 15.4. The van der Waals surface area contributed by atoms with Crippen molar-refractivity contribution in [2.24, 2.45) is 0 Å². The molecule has 1 heterocycles. The van der Waals surface area contributed by atoms with E-state index in [2.05, 4.69) is 133 Å². The molecule has 0 saturated carbocycles. The average Bonchev–Trinajstić information content (AvgIpc) is 3.30. The summed E-state index contributed by atoms with van der Waals surface area (Å²) >= 11 is 0. The molecule has 0 bridgehead atoms. The van der Waals surface area contributed by atoms with Crippen LogP contribution in [0.4, 0.5) is 0 Å². The summed E-state index contributed by atoms with van der Waals surface area (Å²) in [7, 11) is 2.78. The van der Waals surface area contributed by atoms with Gasteiger partial charge in [-0.3, -0.25) is 0 Å². The SMILES string of the molecule is COc1cc(OC)cc(P2Cc3c(-c4ccccc4)cc4ccccc4c3-c3c(c(-c4ccccc4)cc4ccccc34)C2)c1. The number of hydrogen-bond donors (Lipinski definition) is 0. The lowest BCUT2D eigenvalue weighted by molar-refractivity contribution is 0.395. The Bertz CT molecular complexity index is 2030. The zero-order chi connectivity index (χ0) is 30.3. The second-order valence-electron chi connectivity index (χ2n) is 11.7. The van der Waals surface area contributed by atoms with E-state index in [1.807, 2.05) is 6.07 Å². The van der Waals surface area contributed by atoms with Crippen molar-refractivity contribution in [1.82, 2.24) is 0 Å². The molecule has 7 aromatic rings. The molecule has 8 rings (SSSR count). The van der Waals surface area contributed by atoms with Crippen LogP contribution in [0.5, 0.6) is 11.5 Å². The fourth-order valence-electron chi connectivity index (χ4n) is 7.03. The van der Waals surface area contributed by atoms with Crippen molar-refractivity contribution in [3.05, 3.63) is 151 Å². The zero-order valence-corrected chi connectivity index (χ0v) is 26.4. The van der Waals surface area contributed by atoms with Crippen molar-refractivity contribution in [2.45, 2.75) is 12.3 Å². The van der Waals surface area contributed by atoms with Gasteiger partial charge in [0.2, 0.25) is 0 Å². The molecule has 0 aromatic heterocycles. The molecule has 7 aromatic carbocycles. The largest absolute Gasteiger partial charge is 0.497 e. The number of rotatable bonds is 5. The van der Waals surface area contributed by atoms with Gasteiger partial charge in [0.05, 0.1) is 14.2 Å². The van der Waals surface area contributed by atoms with Gasteiger partial charge in [-0.05, 0) is 108 Å². The first-order valence-corrected chi connectivity index (χ1v) is 17.1. The Hall–Kier alpha value is -4.91. The molecular formula is C42H33O2P. The minimum Gasteiger partial charge on any atom is -0.497 e. The number of hydrogen-bond acceptors (Lipinski definition) is 2. The molecule has 1 aliphatic rings. The smallest absolute Gasteiger partial charge is 0.123 e. The number of ether oxygens (including phenoxy) is 2. The Morgan fingerprint density at radius 3 is 1.33 bits per heavy atom. The second kappa shape index (κ2) is 11.5. The minimum absolute atomic E-state index is 0.694. The highest BCUT2D eigenvalue weighted by Gasteiger charge is 2.30. The molecule has 0 fully saturated rings. The van der Waals surface area contributed by atoms with E-state index in [0.717, 1.165) is 23.8 Å². The first kappa shape index (κ1) is 27.6. The van der Waals surface area contributed by atoms with E-state index in [1.165, 1.54) is 71.4 Å². The molecule has 45 heavy (non-hydrogen) atoms. The highest BCUT2D eigenvalue weighted by Crippen LogP contribution is 2.57. The minimum atomic E-state index is -0.694. The fourth-order valence-corrected chi connectivity index (χ4v) is 9.54. The maximum absolute atomic E-state index is 5.79. The quantitative estimate of drug-likeness (QED) is 0.183. The van der Waals surface area contributed by atoms with Gasteiger partial charge in [0.25, 0.3) is 0 Å². The van der Waals surface area contributed by atoms with Gasteiger partial charge in [0.15, 0.2) is 0 Å². The summed E-state index contributed by atoms with van der Waals surface area (Å²) in [5.41, 5.74) is 10.7. The molecule has 0 atom stereocenters. The molecule has 2 nitrogen and oxygen atoms in total. The van der Waals surface area contributed by atoms with E-state index in [0.29, 0.717) is 0 Å². The Labute approximate surface area is 265 Å². The topological polar surface area (TPSA) is 18.5 Å². The number of fused-ring (bicyclic) bond motifs is 7. The molecule has 0 amide bonds. The first-order chi connectivity index (χ1) is 22.2. The van der Waals surface area contributed by atoms with Crippen LogP contribution >= 0.6 is 7.92 Å². The summed E-state index contributed by atoms with van der Waals surface area (Å²) in [6.45, 7) is 0. The van der Waals surface area contributed by atoms with Crippen molar-refractivity contribution in [2.75, 3.05) is 14.2 Å². The van der Waals surface area contributed by atoms with E-state index in [1.54, 1.807) is 14.2 Å². The lowest BCUT2D eigenvalue weighted by Crippen LogP contribution is -2.07. The van der Waals surface area contributed by atoms with E-state index >= 15 is 0 Å². The van der Waals surface area contributed by atoms with Gasteiger partial charge >= 0.3 is 0 Å². The van der Waals surface area contributed by atoms with Crippen LogP contribution in [-0.2, 0) is 12.3 Å². The molecule has 1 aliphatic heterocycles. The predicted octanol–water partition coefficient (Wildman–Crippen LogP) is 10.8. The monoisotopic (exact) mass is 600 g/mol. The maximum Gasteiger partial charge on any atom is 0.123 e. The van der Waals surface area contributed by atoms with Crippen molar-refractivity contribution in [3.8, 4) is 44.9 Å². The summed E-state index contributed by atoms with van der Waals surface area (Å²) in [5.74, 6) is 1.67. The molecule has 0 saturated heterocycles. The van der Waals surface area contributed by atoms with Crippen LogP contribution in [0.2, 0.25) is 0 Å². The highest BCUT2D eigenvalue weighted by molar-refractivity contribution is 7.64. The summed E-state index contributed by atoms with van der Waals surface area (Å²) in [5, 5.41) is 6.45. The predicted molar refractivity (Wildman–Crippen MR) is 191 cm³/mol. The van der Waals surface area contributed by atoms with Crippen LogP contribution in [0.1, 0.15) is 11.1 Å². The van der Waals surface area contributed by atoms with Crippen LogP contribution in [-0.4, -0.2) is 14.2 Å². The van der Waals surface area contributed by atoms with Gasteiger partial charge in [-0.15, -0.1) is 0 Å². The summed E-state index contributed by atoms with van der Waals surface area (Å²) in [6, 6.07) is 51.0. The van der Waals surface area contributed by atoms with Gasteiger partial charge < -0.3 is 9.47 Å². The van der Waals surface area contributed by atoms with E-state index in [4.69, 9.17) is 9.47 Å². The van der Waals surface area contributed by atoms with Crippen LogP contribution in [0.3, 0.4) is 0 Å². The van der Waals surface area contributed by atoms with Gasteiger partial charge in [-0.1, -0.05) is 117 Å². The molecule has 0 unspecified atom stereocenters. The summed E-state index contributed by atoms with van der Waals surface area (Å²) < 4.78 is 11.6. The second-order valence-corrected chi connectivity index (χ2v) is 13.9. The Morgan fingerprint density at radius 2 is 0.889 bits per heavy atom. The molecule has 3 heteroatoms. The molecule has 0 radical (unpaired) electrons. The fraction of sp³-hybridized carbons (Fsp3) is 0.0952. The molecule has 0 aliphatic carbocycles. The maximum atomic E-state index is 5.79. The summed E-state index contributed by atoms with van der Waals surface area (Å²) in [6.07, 6.45) is 1.90. The zero-order valence-electron chi connectivity index (χ0n) is 25.5. The van der Waals surface area contributed by atoms with Crippen molar-refractivity contribution < 1.29 is 9.47 Å². The van der Waals surface area contributed by atoms with E-state index in [-0.39, 0.29) is 0 Å². The van der Waals surface area contributed by atoms with Gasteiger partial charge in [0, 0.05) is 6.07 Å². The molecule has 218 valence electrons. The van der Waals surface area contributed by atoms with Crippen molar-refractivity contribution in [1.29, 1.82) is 0 Å². The Balaban J connectivity index is 1.54. The van der Waals surface area contributed by atoms with Crippen LogP contribution in [0.25, 0.3) is 54.9 Å². The van der Waals surface area contributed by atoms with Crippen molar-refractivity contribution in [3.63, 3.8) is 0 Å². The third kappa shape index (κ3) is 4.87. The van der Waals surface area contributed by atoms with Gasteiger partial charge in [-0.2, -0.15) is 0 Å². The van der Waals surface area contributed by atoms with E-state index in [9.17, 15) is 0 Å². The standard InChI is InChI=1S/C42H33O2P/c1-43-32-23-33(44-2)25-34(24-32)45-26-39-37(28-13-5-3-6-14-28)21-30-17-9-11-19-35(30)41(39)42-36-20-12-10-18-31(36)22-38(40(42)27-45)29-15-7-4-8-16-29/h3-25H,26-27H2,1-2H3. The van der Waals surface area contributed by atoms with Gasteiger partial charge in [0.1, 0.15) is 11.5 Å². The third-order valence-corrected chi connectivity index (χ3v) is 11.5. The normalized spacial score (nSPS) is 12.8. The highest BCUT2D eigenvalue weighted by atomic mass is 31.1. The lowest BCUT2D eigenvalue weighted by Gasteiger charge is -2.21. The van der Waals surface area contributed by atoms with Crippen LogP contribution in [0.15, 0.2) is 140 Å². The number of benzene rings is 7. The average molecular weight is 601 g/mol. The van der Waals surface area contributed by atoms with Gasteiger partial charge in [-0.25, -0.2) is 0 Å². The van der Waals surface area contributed by atoms with Crippen LogP contribution in [0, 0.1) is 0 Å². The molecule has 0 N–H and O–H groups in total.